The number of nitro groups is 1. The summed E-state index contributed by atoms with van der Waals surface area (Å²) in [6.07, 6.45) is 0. The molecule has 0 aliphatic heterocycles. The lowest BCUT2D eigenvalue weighted by atomic mass is 10.3. The molecule has 0 bridgehead atoms. The molecule has 86 valence electrons. The molecule has 5 nitrogen and oxygen atoms in total. The fourth-order valence-corrected chi connectivity index (χ4v) is 1.32. The fraction of sp³-hybridized carbons (Fsp3) is 0. The van der Waals surface area contributed by atoms with Crippen molar-refractivity contribution in [3.8, 4) is 5.75 Å². The minimum Gasteiger partial charge on any atom is -0.382 e. The van der Waals surface area contributed by atoms with E-state index in [0.29, 0.717) is 11.4 Å². The Labute approximate surface area is 97.8 Å². The highest BCUT2D eigenvalue weighted by atomic mass is 16.7. The molecule has 2 rings (SSSR count). The molecule has 17 heavy (non-hydrogen) atoms. The first-order chi connectivity index (χ1) is 8.27. The SMILES string of the molecule is O=[N+]([O-])c1ccccc1NOc1ccccc1. The molecule has 0 aromatic heterocycles. The van der Waals surface area contributed by atoms with Crippen LogP contribution in [0, 0.1) is 10.1 Å². The van der Waals surface area contributed by atoms with E-state index < -0.39 is 4.92 Å². The van der Waals surface area contributed by atoms with Crippen LogP contribution in [0.15, 0.2) is 54.6 Å². The fourth-order valence-electron chi connectivity index (χ4n) is 1.32. The van der Waals surface area contributed by atoms with Crippen molar-refractivity contribution < 1.29 is 9.76 Å². The van der Waals surface area contributed by atoms with Gasteiger partial charge in [-0.1, -0.05) is 30.3 Å². The van der Waals surface area contributed by atoms with Gasteiger partial charge in [-0.25, -0.2) is 5.48 Å². The van der Waals surface area contributed by atoms with Crippen molar-refractivity contribution in [1.82, 2.24) is 0 Å². The molecule has 0 heterocycles. The largest absolute Gasteiger partial charge is 0.382 e. The van der Waals surface area contributed by atoms with Crippen LogP contribution >= 0.6 is 0 Å². The molecule has 1 N–H and O–H groups in total. The molecule has 2 aromatic rings. The Balaban J connectivity index is 2.12. The van der Waals surface area contributed by atoms with Gasteiger partial charge >= 0.3 is 0 Å². The monoisotopic (exact) mass is 230 g/mol. The molecule has 0 saturated carbocycles. The van der Waals surface area contributed by atoms with Gasteiger partial charge in [-0.15, -0.1) is 0 Å². The van der Waals surface area contributed by atoms with Crippen LogP contribution in [0.2, 0.25) is 0 Å². The van der Waals surface area contributed by atoms with Crippen LogP contribution in [0.4, 0.5) is 11.4 Å². The van der Waals surface area contributed by atoms with E-state index in [0.717, 1.165) is 0 Å². The average Bonchev–Trinajstić information content (AvgIpc) is 2.38. The topological polar surface area (TPSA) is 64.4 Å². The second-order valence-corrected chi connectivity index (χ2v) is 3.29. The van der Waals surface area contributed by atoms with Gasteiger partial charge in [0.2, 0.25) is 0 Å². The van der Waals surface area contributed by atoms with Gasteiger partial charge in [-0.2, -0.15) is 0 Å². The first-order valence-corrected chi connectivity index (χ1v) is 4.99. The van der Waals surface area contributed by atoms with Crippen LogP contribution in [-0.2, 0) is 0 Å². The third-order valence-corrected chi connectivity index (χ3v) is 2.12. The number of hydrogen-bond donors (Lipinski definition) is 1. The Kier molecular flexibility index (Phi) is 3.20. The van der Waals surface area contributed by atoms with Crippen molar-refractivity contribution >= 4 is 11.4 Å². The van der Waals surface area contributed by atoms with Gasteiger partial charge in [0, 0.05) is 6.07 Å². The van der Waals surface area contributed by atoms with E-state index in [-0.39, 0.29) is 5.69 Å². The normalized spacial score (nSPS) is 9.65. The predicted octanol–water partition coefficient (Wildman–Crippen LogP) is 3.00. The number of benzene rings is 2. The molecule has 0 saturated heterocycles. The summed E-state index contributed by atoms with van der Waals surface area (Å²) in [6.45, 7) is 0. The quantitative estimate of drug-likeness (QED) is 0.647. The Hall–Kier alpha value is -2.56. The molecule has 0 spiro atoms. The molecule has 0 aliphatic rings. The molecular weight excluding hydrogens is 220 g/mol. The summed E-state index contributed by atoms with van der Waals surface area (Å²) in [6, 6.07) is 15.3. The van der Waals surface area contributed by atoms with Crippen LogP contribution in [0.25, 0.3) is 0 Å². The summed E-state index contributed by atoms with van der Waals surface area (Å²) in [5.74, 6) is 0.589. The number of nitrogens with zero attached hydrogens (tertiary/aromatic N) is 1. The van der Waals surface area contributed by atoms with Gasteiger partial charge in [0.15, 0.2) is 5.75 Å². The van der Waals surface area contributed by atoms with Gasteiger partial charge in [-0.3, -0.25) is 10.1 Å². The molecule has 0 aliphatic carbocycles. The number of para-hydroxylation sites is 3. The molecule has 0 atom stereocenters. The maximum atomic E-state index is 10.7. The molecule has 0 unspecified atom stereocenters. The second kappa shape index (κ2) is 4.98. The van der Waals surface area contributed by atoms with Crippen LogP contribution in [0.1, 0.15) is 0 Å². The molecule has 5 heteroatoms. The maximum absolute atomic E-state index is 10.7. The Morgan fingerprint density at radius 1 is 1.00 bits per heavy atom. The number of anilines is 1. The molecule has 2 aromatic carbocycles. The first kappa shape index (κ1) is 10.9. The van der Waals surface area contributed by atoms with E-state index in [9.17, 15) is 10.1 Å². The van der Waals surface area contributed by atoms with Crippen molar-refractivity contribution in [2.75, 3.05) is 5.48 Å². The van der Waals surface area contributed by atoms with E-state index in [4.69, 9.17) is 4.84 Å². The van der Waals surface area contributed by atoms with Crippen LogP contribution in [0.3, 0.4) is 0 Å². The molecular formula is C12H10N2O3. The lowest BCUT2D eigenvalue weighted by Crippen LogP contribution is -2.06. The highest BCUT2D eigenvalue weighted by molar-refractivity contribution is 5.60. The second-order valence-electron chi connectivity index (χ2n) is 3.29. The third kappa shape index (κ3) is 2.72. The number of rotatable bonds is 4. The number of hydrogen-bond acceptors (Lipinski definition) is 4. The first-order valence-electron chi connectivity index (χ1n) is 4.99. The molecule has 0 radical (unpaired) electrons. The number of nitrogens with one attached hydrogen (secondary N) is 1. The van der Waals surface area contributed by atoms with Crippen molar-refractivity contribution in [3.63, 3.8) is 0 Å². The van der Waals surface area contributed by atoms with E-state index in [1.54, 1.807) is 30.3 Å². The lowest BCUT2D eigenvalue weighted by Gasteiger charge is -2.07. The zero-order chi connectivity index (χ0) is 12.1. The summed E-state index contributed by atoms with van der Waals surface area (Å²) in [5, 5.41) is 10.7. The van der Waals surface area contributed by atoms with Crippen molar-refractivity contribution in [3.05, 3.63) is 64.7 Å². The van der Waals surface area contributed by atoms with Crippen LogP contribution in [0.5, 0.6) is 5.75 Å². The van der Waals surface area contributed by atoms with Crippen molar-refractivity contribution in [2.24, 2.45) is 0 Å². The van der Waals surface area contributed by atoms with E-state index in [1.165, 1.54) is 6.07 Å². The summed E-state index contributed by atoms with van der Waals surface area (Å²) in [7, 11) is 0. The Morgan fingerprint density at radius 2 is 1.65 bits per heavy atom. The zero-order valence-corrected chi connectivity index (χ0v) is 8.87. The smallest absolute Gasteiger partial charge is 0.295 e. The van der Waals surface area contributed by atoms with Gasteiger partial charge in [0.1, 0.15) is 5.69 Å². The minimum absolute atomic E-state index is 0.0246. The Morgan fingerprint density at radius 3 is 2.35 bits per heavy atom. The van der Waals surface area contributed by atoms with E-state index >= 15 is 0 Å². The van der Waals surface area contributed by atoms with Gasteiger partial charge in [0.05, 0.1) is 4.92 Å². The van der Waals surface area contributed by atoms with Crippen molar-refractivity contribution in [2.45, 2.75) is 0 Å². The van der Waals surface area contributed by atoms with Crippen molar-refractivity contribution in [1.29, 1.82) is 0 Å². The van der Waals surface area contributed by atoms with Crippen LogP contribution in [-0.4, -0.2) is 4.92 Å². The average molecular weight is 230 g/mol. The zero-order valence-electron chi connectivity index (χ0n) is 8.87. The molecule has 0 amide bonds. The third-order valence-electron chi connectivity index (χ3n) is 2.12. The minimum atomic E-state index is -0.462. The lowest BCUT2D eigenvalue weighted by molar-refractivity contribution is -0.384. The molecule has 0 fully saturated rings. The highest BCUT2D eigenvalue weighted by Gasteiger charge is 2.12. The summed E-state index contributed by atoms with van der Waals surface area (Å²) >= 11 is 0. The summed E-state index contributed by atoms with van der Waals surface area (Å²) in [5.41, 5.74) is 2.87. The van der Waals surface area contributed by atoms with Gasteiger partial charge in [0.25, 0.3) is 5.69 Å². The number of nitro benzene ring substituents is 1. The van der Waals surface area contributed by atoms with Crippen LogP contribution < -0.4 is 10.3 Å². The Bertz CT molecular complexity index is 514. The summed E-state index contributed by atoms with van der Waals surface area (Å²) in [4.78, 5) is 15.5. The van der Waals surface area contributed by atoms with E-state index in [2.05, 4.69) is 5.48 Å². The standard InChI is InChI=1S/C12H10N2O3/c15-14(16)12-9-5-4-8-11(12)13-17-10-6-2-1-3-7-10/h1-9,13H. The van der Waals surface area contributed by atoms with Gasteiger partial charge in [-0.05, 0) is 18.2 Å². The predicted molar refractivity (Wildman–Crippen MR) is 63.8 cm³/mol. The summed E-state index contributed by atoms with van der Waals surface area (Å²) < 4.78 is 0. The maximum Gasteiger partial charge on any atom is 0.295 e. The van der Waals surface area contributed by atoms with E-state index in [1.807, 2.05) is 18.2 Å². The highest BCUT2D eigenvalue weighted by Crippen LogP contribution is 2.23. The van der Waals surface area contributed by atoms with Gasteiger partial charge < -0.3 is 4.84 Å².